The first-order chi connectivity index (χ1) is 8.55. The third-order valence-electron chi connectivity index (χ3n) is 4.06. The Morgan fingerprint density at radius 1 is 1.28 bits per heavy atom. The largest absolute Gasteiger partial charge is 0.383 e. The lowest BCUT2D eigenvalue weighted by Crippen LogP contribution is -2.48. The summed E-state index contributed by atoms with van der Waals surface area (Å²) in [5.74, 6) is 0. The Morgan fingerprint density at radius 3 is 2.39 bits per heavy atom. The van der Waals surface area contributed by atoms with Crippen LogP contribution in [0, 0.1) is 0 Å². The van der Waals surface area contributed by atoms with Crippen molar-refractivity contribution in [3.8, 4) is 0 Å². The van der Waals surface area contributed by atoms with Crippen LogP contribution < -0.4 is 5.32 Å². The van der Waals surface area contributed by atoms with Crippen molar-refractivity contribution >= 4 is 0 Å². The van der Waals surface area contributed by atoms with Crippen LogP contribution in [0.5, 0.6) is 0 Å². The Kier molecular flexibility index (Phi) is 6.57. The van der Waals surface area contributed by atoms with Crippen LogP contribution in [0.2, 0.25) is 0 Å². The highest BCUT2D eigenvalue weighted by atomic mass is 16.5. The van der Waals surface area contributed by atoms with Crippen LogP contribution in [-0.2, 0) is 9.47 Å². The summed E-state index contributed by atoms with van der Waals surface area (Å²) in [7, 11) is 5.57. The van der Waals surface area contributed by atoms with Crippen molar-refractivity contribution in [2.45, 2.75) is 50.8 Å². The van der Waals surface area contributed by atoms with E-state index >= 15 is 0 Å². The van der Waals surface area contributed by atoms with Crippen LogP contribution in [0.1, 0.15) is 33.1 Å². The van der Waals surface area contributed by atoms with Crippen molar-refractivity contribution in [2.75, 3.05) is 41.0 Å². The van der Waals surface area contributed by atoms with Gasteiger partial charge in [0.05, 0.1) is 12.2 Å². The minimum absolute atomic E-state index is 0.120. The number of likely N-dealkylation sites (N-methyl/N-ethyl adjacent to an activating group) is 1. The smallest absolute Gasteiger partial charge is 0.0775 e. The summed E-state index contributed by atoms with van der Waals surface area (Å²) in [6.45, 7) is 7.28. The Morgan fingerprint density at radius 2 is 1.94 bits per heavy atom. The van der Waals surface area contributed by atoms with Crippen molar-refractivity contribution in [2.24, 2.45) is 0 Å². The molecule has 0 aliphatic heterocycles. The highest BCUT2D eigenvalue weighted by Gasteiger charge is 2.32. The Labute approximate surface area is 112 Å². The minimum atomic E-state index is -0.120. The zero-order valence-electron chi connectivity index (χ0n) is 12.7. The molecule has 0 radical (unpaired) electrons. The molecular weight excluding hydrogens is 228 g/mol. The van der Waals surface area contributed by atoms with E-state index in [-0.39, 0.29) is 5.60 Å². The van der Waals surface area contributed by atoms with E-state index < -0.39 is 0 Å². The average Bonchev–Trinajstić information content (AvgIpc) is 3.17. The third kappa shape index (κ3) is 4.84. The van der Waals surface area contributed by atoms with Gasteiger partial charge in [0.1, 0.15) is 0 Å². The first-order valence-electron chi connectivity index (χ1n) is 7.00. The van der Waals surface area contributed by atoms with E-state index in [1.165, 1.54) is 12.8 Å². The van der Waals surface area contributed by atoms with Gasteiger partial charge in [0.25, 0.3) is 0 Å². The lowest BCUT2D eigenvalue weighted by Gasteiger charge is -2.34. The second-order valence-electron chi connectivity index (χ2n) is 5.70. The summed E-state index contributed by atoms with van der Waals surface area (Å²) in [6, 6.07) is 1.18. The average molecular weight is 258 g/mol. The quantitative estimate of drug-likeness (QED) is 0.644. The topological polar surface area (TPSA) is 33.7 Å². The second-order valence-corrected chi connectivity index (χ2v) is 5.70. The number of ether oxygens (including phenoxy) is 2. The number of rotatable bonds is 10. The predicted molar refractivity (Wildman–Crippen MR) is 75.0 cm³/mol. The van der Waals surface area contributed by atoms with Crippen molar-refractivity contribution in [3.05, 3.63) is 0 Å². The van der Waals surface area contributed by atoms with Crippen molar-refractivity contribution < 1.29 is 9.47 Å². The van der Waals surface area contributed by atoms with Crippen LogP contribution in [0.3, 0.4) is 0 Å². The van der Waals surface area contributed by atoms with E-state index in [0.717, 1.165) is 32.2 Å². The number of nitrogens with zero attached hydrogens (tertiary/aromatic N) is 1. The number of nitrogens with one attached hydrogen (secondary N) is 1. The molecule has 0 amide bonds. The number of hydrogen-bond donors (Lipinski definition) is 1. The van der Waals surface area contributed by atoms with Crippen LogP contribution in [0.15, 0.2) is 0 Å². The molecule has 1 N–H and O–H groups in total. The van der Waals surface area contributed by atoms with Gasteiger partial charge < -0.3 is 14.8 Å². The molecule has 0 aromatic carbocycles. The third-order valence-corrected chi connectivity index (χ3v) is 4.06. The number of methoxy groups -OCH3 is 2. The molecule has 0 aromatic heterocycles. The van der Waals surface area contributed by atoms with Crippen molar-refractivity contribution in [1.29, 1.82) is 0 Å². The molecule has 0 saturated heterocycles. The molecule has 108 valence electrons. The van der Waals surface area contributed by atoms with Crippen LogP contribution >= 0.6 is 0 Å². The molecule has 1 unspecified atom stereocenters. The molecule has 4 heteroatoms. The number of hydrogen-bond acceptors (Lipinski definition) is 4. The van der Waals surface area contributed by atoms with E-state index in [0.29, 0.717) is 6.04 Å². The Balaban J connectivity index is 2.39. The SMILES string of the molecule is CNC(CCN(CCOC)C1CC1)C(C)(C)OC. The van der Waals surface area contributed by atoms with Gasteiger partial charge in [-0.2, -0.15) is 0 Å². The summed E-state index contributed by atoms with van der Waals surface area (Å²) in [6.07, 6.45) is 3.81. The summed E-state index contributed by atoms with van der Waals surface area (Å²) in [4.78, 5) is 2.56. The van der Waals surface area contributed by atoms with Gasteiger partial charge in [-0.15, -0.1) is 0 Å². The van der Waals surface area contributed by atoms with E-state index in [4.69, 9.17) is 9.47 Å². The molecule has 0 spiro atoms. The maximum Gasteiger partial charge on any atom is 0.0775 e. The molecule has 4 nitrogen and oxygen atoms in total. The van der Waals surface area contributed by atoms with Gasteiger partial charge in [-0.1, -0.05) is 0 Å². The van der Waals surface area contributed by atoms with Crippen molar-refractivity contribution in [3.63, 3.8) is 0 Å². The Bertz CT molecular complexity index is 230. The van der Waals surface area contributed by atoms with Crippen LogP contribution in [-0.4, -0.2) is 63.5 Å². The van der Waals surface area contributed by atoms with Gasteiger partial charge in [0.2, 0.25) is 0 Å². The Hall–Kier alpha value is -0.160. The van der Waals surface area contributed by atoms with Gasteiger partial charge in [-0.25, -0.2) is 0 Å². The standard InChI is InChI=1S/C14H30N2O2/c1-14(2,18-5)13(15-3)8-9-16(10-11-17-4)12-6-7-12/h12-13,15H,6-11H2,1-5H3. The summed E-state index contributed by atoms with van der Waals surface area (Å²) < 4.78 is 10.8. The lowest BCUT2D eigenvalue weighted by molar-refractivity contribution is -0.0134. The van der Waals surface area contributed by atoms with Crippen LogP contribution in [0.25, 0.3) is 0 Å². The zero-order valence-corrected chi connectivity index (χ0v) is 12.7. The normalized spacial score (nSPS) is 18.3. The van der Waals surface area contributed by atoms with Gasteiger partial charge >= 0.3 is 0 Å². The fourth-order valence-corrected chi connectivity index (χ4v) is 2.40. The van der Waals surface area contributed by atoms with Gasteiger partial charge in [-0.05, 0) is 40.2 Å². The fourth-order valence-electron chi connectivity index (χ4n) is 2.40. The highest BCUT2D eigenvalue weighted by Crippen LogP contribution is 2.27. The van der Waals surface area contributed by atoms with E-state index in [1.54, 1.807) is 14.2 Å². The van der Waals surface area contributed by atoms with E-state index in [2.05, 4.69) is 24.1 Å². The summed E-state index contributed by atoms with van der Waals surface area (Å²) in [5.41, 5.74) is -0.120. The monoisotopic (exact) mass is 258 g/mol. The maximum atomic E-state index is 5.57. The highest BCUT2D eigenvalue weighted by molar-refractivity contribution is 4.89. The second kappa shape index (κ2) is 7.43. The molecule has 18 heavy (non-hydrogen) atoms. The lowest BCUT2D eigenvalue weighted by atomic mass is 9.95. The molecule has 1 atom stereocenters. The summed E-state index contributed by atoms with van der Waals surface area (Å²) >= 11 is 0. The van der Waals surface area contributed by atoms with Gasteiger partial charge in [0, 0.05) is 39.4 Å². The van der Waals surface area contributed by atoms with E-state index in [1.807, 2.05) is 7.05 Å². The molecule has 0 heterocycles. The van der Waals surface area contributed by atoms with E-state index in [9.17, 15) is 0 Å². The molecule has 1 aliphatic carbocycles. The first-order valence-corrected chi connectivity index (χ1v) is 7.00. The van der Waals surface area contributed by atoms with Crippen LogP contribution in [0.4, 0.5) is 0 Å². The molecular formula is C14H30N2O2. The molecule has 0 bridgehead atoms. The van der Waals surface area contributed by atoms with Gasteiger partial charge in [-0.3, -0.25) is 4.90 Å². The maximum absolute atomic E-state index is 5.57. The zero-order chi connectivity index (χ0) is 13.6. The molecule has 1 rings (SSSR count). The fraction of sp³-hybridized carbons (Fsp3) is 1.00. The van der Waals surface area contributed by atoms with Gasteiger partial charge in [0.15, 0.2) is 0 Å². The molecule has 1 fully saturated rings. The van der Waals surface area contributed by atoms with Crippen molar-refractivity contribution in [1.82, 2.24) is 10.2 Å². The molecule has 0 aromatic rings. The minimum Gasteiger partial charge on any atom is -0.383 e. The molecule has 1 aliphatic rings. The summed E-state index contributed by atoms with van der Waals surface area (Å²) in [5, 5.41) is 3.38. The first kappa shape index (κ1) is 15.9. The molecule has 1 saturated carbocycles. The predicted octanol–water partition coefficient (Wildman–Crippen LogP) is 1.50.